The molecule has 0 bridgehead atoms. The smallest absolute Gasteiger partial charge is 0.462 e. The Balaban J connectivity index is 5.39. The predicted octanol–water partition coefficient (Wildman–Crippen LogP) is 23.4. The summed E-state index contributed by atoms with van der Waals surface area (Å²) >= 11 is 0. The van der Waals surface area contributed by atoms with E-state index in [0.717, 1.165) is 180 Å². The van der Waals surface area contributed by atoms with Crippen LogP contribution in [0.3, 0.4) is 0 Å². The van der Waals surface area contributed by atoms with E-state index < -0.39 is 97.5 Å². The van der Waals surface area contributed by atoms with E-state index in [9.17, 15) is 43.2 Å². The van der Waals surface area contributed by atoms with E-state index in [0.29, 0.717) is 25.7 Å². The second-order valence-corrected chi connectivity index (χ2v) is 29.1. The van der Waals surface area contributed by atoms with Crippen LogP contribution in [0.5, 0.6) is 0 Å². The van der Waals surface area contributed by atoms with Crippen molar-refractivity contribution in [1.29, 1.82) is 0 Å². The summed E-state index contributed by atoms with van der Waals surface area (Å²) < 4.78 is 68.5. The molecule has 0 spiro atoms. The summed E-state index contributed by atoms with van der Waals surface area (Å²) in [5.74, 6) is -2.27. The number of ether oxygens (including phenoxy) is 4. The van der Waals surface area contributed by atoms with E-state index in [1.807, 2.05) is 0 Å². The van der Waals surface area contributed by atoms with Crippen molar-refractivity contribution in [1.82, 2.24) is 0 Å². The highest BCUT2D eigenvalue weighted by Gasteiger charge is 2.30. The lowest BCUT2D eigenvalue weighted by molar-refractivity contribution is -0.161. The maximum absolute atomic E-state index is 13.1. The minimum atomic E-state index is -4.99. The van der Waals surface area contributed by atoms with Gasteiger partial charge in [0, 0.05) is 25.7 Å². The number of esters is 4. The number of aliphatic hydroxyl groups excluding tert-OH is 1. The number of allylic oxidation sites excluding steroid dienone is 24. The van der Waals surface area contributed by atoms with Gasteiger partial charge in [-0.2, -0.15) is 0 Å². The van der Waals surface area contributed by atoms with Gasteiger partial charge in [0.05, 0.1) is 26.4 Å². The lowest BCUT2D eigenvalue weighted by Gasteiger charge is -2.21. The Kier molecular flexibility index (Phi) is 72.4. The fraction of sp³-hybridized carbons (Fsp3) is 0.671. The Labute approximate surface area is 630 Å². The van der Waals surface area contributed by atoms with Crippen molar-refractivity contribution in [3.63, 3.8) is 0 Å². The number of carbonyl (C=O) groups excluding carboxylic acids is 4. The van der Waals surface area contributed by atoms with Gasteiger partial charge < -0.3 is 33.8 Å². The molecular formula is C85H142O17P2. The first-order valence-corrected chi connectivity index (χ1v) is 43.1. The van der Waals surface area contributed by atoms with Gasteiger partial charge in [0.15, 0.2) is 12.2 Å². The number of unbranched alkanes of at least 4 members (excludes halogenated alkanes) is 24. The molecular weight excluding hydrogens is 1350 g/mol. The van der Waals surface area contributed by atoms with Crippen molar-refractivity contribution >= 4 is 39.5 Å². The van der Waals surface area contributed by atoms with E-state index in [4.69, 9.17) is 37.0 Å². The molecule has 19 heteroatoms. The first kappa shape index (κ1) is 98.9. The van der Waals surface area contributed by atoms with Gasteiger partial charge in [-0.05, 0) is 161 Å². The van der Waals surface area contributed by atoms with Gasteiger partial charge in [-0.15, -0.1) is 0 Å². The summed E-state index contributed by atoms with van der Waals surface area (Å²) in [5.41, 5.74) is 0. The molecule has 3 N–H and O–H groups in total. The summed E-state index contributed by atoms with van der Waals surface area (Å²) in [4.78, 5) is 73.0. The zero-order valence-corrected chi connectivity index (χ0v) is 66.7. The molecule has 0 aliphatic rings. The topological polar surface area (TPSA) is 237 Å². The molecule has 0 rings (SSSR count). The highest BCUT2D eigenvalue weighted by atomic mass is 31.2. The van der Waals surface area contributed by atoms with Crippen LogP contribution in [-0.4, -0.2) is 96.7 Å². The van der Waals surface area contributed by atoms with Gasteiger partial charge in [-0.25, -0.2) is 9.13 Å². The maximum atomic E-state index is 13.1. The third-order valence-corrected chi connectivity index (χ3v) is 18.2. The SMILES string of the molecule is CC/C=C\C/C=C\C/C=C\C/C=C\C/C=C\CCCCCC(=O)OCC(COP(=O)(O)OCC(O)COP(=O)(O)OCC(COC(=O)CCCCC/C=C\C/C=C\C/C=C\C/C=C\C/C=C\CC)OC(=O)CCCCCCC/C=C\CCCCCCCC)OC(=O)CCCCCCC/C=C\CCCC. The Morgan fingerprint density at radius 3 is 0.817 bits per heavy atom. The molecule has 17 nitrogen and oxygen atoms in total. The monoisotopic (exact) mass is 1500 g/mol. The Morgan fingerprint density at radius 2 is 0.510 bits per heavy atom. The van der Waals surface area contributed by atoms with E-state index in [1.54, 1.807) is 0 Å². The van der Waals surface area contributed by atoms with Crippen LogP contribution in [0.1, 0.15) is 310 Å². The van der Waals surface area contributed by atoms with E-state index in [2.05, 4.69) is 174 Å². The molecule has 0 aliphatic heterocycles. The molecule has 594 valence electrons. The van der Waals surface area contributed by atoms with Gasteiger partial charge in [0.1, 0.15) is 19.3 Å². The molecule has 0 amide bonds. The summed E-state index contributed by atoms with van der Waals surface area (Å²) in [5, 5.41) is 10.6. The van der Waals surface area contributed by atoms with Gasteiger partial charge >= 0.3 is 39.5 Å². The summed E-state index contributed by atoms with van der Waals surface area (Å²) in [6.45, 7) is 4.51. The van der Waals surface area contributed by atoms with Crippen LogP contribution in [0.4, 0.5) is 0 Å². The average molecular weight is 1500 g/mol. The largest absolute Gasteiger partial charge is 0.472 e. The molecule has 0 heterocycles. The predicted molar refractivity (Wildman–Crippen MR) is 427 cm³/mol. The molecule has 0 saturated heterocycles. The van der Waals surface area contributed by atoms with Gasteiger partial charge in [0.25, 0.3) is 0 Å². The van der Waals surface area contributed by atoms with Crippen molar-refractivity contribution in [2.24, 2.45) is 0 Å². The number of phosphoric ester groups is 2. The molecule has 0 saturated carbocycles. The van der Waals surface area contributed by atoms with Gasteiger partial charge in [-0.3, -0.25) is 37.3 Å². The molecule has 0 aromatic carbocycles. The van der Waals surface area contributed by atoms with Gasteiger partial charge in [-0.1, -0.05) is 270 Å². The normalized spacial score (nSPS) is 14.6. The van der Waals surface area contributed by atoms with Crippen molar-refractivity contribution in [2.45, 2.75) is 329 Å². The third-order valence-electron chi connectivity index (χ3n) is 16.3. The Bertz CT molecular complexity index is 2540. The minimum Gasteiger partial charge on any atom is -0.462 e. The molecule has 0 aromatic rings. The number of aliphatic hydroxyl groups is 1. The van der Waals surface area contributed by atoms with Crippen LogP contribution < -0.4 is 0 Å². The summed E-state index contributed by atoms with van der Waals surface area (Å²) in [6, 6.07) is 0. The van der Waals surface area contributed by atoms with Crippen LogP contribution in [0, 0.1) is 0 Å². The molecule has 0 radical (unpaired) electrons. The zero-order chi connectivity index (χ0) is 76.0. The minimum absolute atomic E-state index is 0.0723. The molecule has 0 aliphatic carbocycles. The fourth-order valence-electron chi connectivity index (χ4n) is 10.2. The second kappa shape index (κ2) is 76.1. The number of carbonyl (C=O) groups is 4. The zero-order valence-electron chi connectivity index (χ0n) is 64.9. The molecule has 5 atom stereocenters. The molecule has 5 unspecified atom stereocenters. The van der Waals surface area contributed by atoms with Crippen LogP contribution in [-0.2, 0) is 65.4 Å². The lowest BCUT2D eigenvalue weighted by Crippen LogP contribution is -2.30. The number of phosphoric acid groups is 2. The van der Waals surface area contributed by atoms with Crippen LogP contribution in [0.15, 0.2) is 146 Å². The highest BCUT2D eigenvalue weighted by molar-refractivity contribution is 7.47. The highest BCUT2D eigenvalue weighted by Crippen LogP contribution is 2.45. The maximum Gasteiger partial charge on any atom is 0.472 e. The number of rotatable bonds is 74. The standard InChI is InChI=1S/C85H142O17P2/c1-5-9-13-17-21-25-29-32-35-37-39-41-44-46-50-53-57-61-65-69-82(87)95-75-80(101-84(89)71-67-63-59-55-49-28-24-20-16-12-8-4)77-99-103(91,92)97-73-79(86)74-98-104(93,94)100-78-81(102-85(90)72-68-64-60-56-52-48-43-34-31-27-23-19-15-11-7-3)76-96-83(88)70-66-62-58-54-51-47-45-42-40-38-36-33-30-26-22-18-14-10-6-2/h9-10,13-14,20-22,24-26,32-36,39-43,46-47,50-51,79-81,86H,5-8,11-12,15-19,23,27-31,37-38,44-45,48-49,52-78H2,1-4H3,(H,91,92)(H,93,94)/b13-9-,14-10-,24-20-,25-21-,26-22-,35-32-,36-33-,41-39-,42-40-,43-34-,50-46-,51-47-. The fourth-order valence-corrected chi connectivity index (χ4v) is 11.8. The van der Waals surface area contributed by atoms with Crippen molar-refractivity contribution < 1.29 is 80.2 Å². The quantitative estimate of drug-likeness (QED) is 0.0169. The van der Waals surface area contributed by atoms with Crippen LogP contribution >= 0.6 is 15.6 Å². The average Bonchev–Trinajstić information content (AvgIpc) is 0.931. The van der Waals surface area contributed by atoms with Crippen molar-refractivity contribution in [3.05, 3.63) is 146 Å². The summed E-state index contributed by atoms with van der Waals surface area (Å²) in [6.07, 6.45) is 86.9. The summed E-state index contributed by atoms with van der Waals surface area (Å²) in [7, 11) is -9.98. The molecule has 0 fully saturated rings. The van der Waals surface area contributed by atoms with E-state index in [1.165, 1.54) is 51.4 Å². The van der Waals surface area contributed by atoms with Crippen LogP contribution in [0.25, 0.3) is 0 Å². The lowest BCUT2D eigenvalue weighted by atomic mass is 10.1. The van der Waals surface area contributed by atoms with Crippen molar-refractivity contribution in [2.75, 3.05) is 39.6 Å². The second-order valence-electron chi connectivity index (χ2n) is 26.2. The first-order chi connectivity index (χ1) is 50.7. The third kappa shape index (κ3) is 75.2. The van der Waals surface area contributed by atoms with E-state index >= 15 is 0 Å². The molecule has 0 aromatic heterocycles. The first-order valence-electron chi connectivity index (χ1n) is 40.1. The van der Waals surface area contributed by atoms with Crippen molar-refractivity contribution in [3.8, 4) is 0 Å². The number of hydrogen-bond donors (Lipinski definition) is 3. The molecule has 104 heavy (non-hydrogen) atoms. The Morgan fingerprint density at radius 1 is 0.279 bits per heavy atom. The number of hydrogen-bond acceptors (Lipinski definition) is 15. The van der Waals surface area contributed by atoms with Gasteiger partial charge in [0.2, 0.25) is 0 Å². The van der Waals surface area contributed by atoms with E-state index in [-0.39, 0.29) is 25.7 Å². The Hall–Kier alpha value is -5.06. The van der Waals surface area contributed by atoms with Crippen LogP contribution in [0.2, 0.25) is 0 Å².